The van der Waals surface area contributed by atoms with Crippen molar-refractivity contribution in [3.05, 3.63) is 36.4 Å². The lowest BCUT2D eigenvalue weighted by atomic mass is 9.92. The molecule has 0 bridgehead atoms. The molecule has 0 unspecified atom stereocenters. The summed E-state index contributed by atoms with van der Waals surface area (Å²) in [6.07, 6.45) is -0.398. The van der Waals surface area contributed by atoms with E-state index < -0.39 is 43.0 Å². The first-order valence-electron chi connectivity index (χ1n) is 15.6. The van der Waals surface area contributed by atoms with Crippen LogP contribution in [0.3, 0.4) is 0 Å². The van der Waals surface area contributed by atoms with Gasteiger partial charge in [-0.2, -0.15) is 13.2 Å². The largest absolute Gasteiger partial charge is 0.494 e. The molecule has 10 nitrogen and oxygen atoms in total. The lowest BCUT2D eigenvalue weighted by Crippen LogP contribution is -2.64. The van der Waals surface area contributed by atoms with Crippen LogP contribution in [0.25, 0.3) is 0 Å². The number of amides is 2. The smallest absolute Gasteiger partial charge is 0.433 e. The number of aliphatic hydroxyl groups excluding tert-OH is 2. The Morgan fingerprint density at radius 2 is 1.78 bits per heavy atom. The van der Waals surface area contributed by atoms with Gasteiger partial charge in [-0.3, -0.25) is 4.79 Å². The highest BCUT2D eigenvalue weighted by atomic mass is 19.4. The number of alkyl halides is 3. The van der Waals surface area contributed by atoms with Gasteiger partial charge >= 0.3 is 12.3 Å². The Labute approximate surface area is 262 Å². The zero-order chi connectivity index (χ0) is 33.0. The zero-order valence-electron chi connectivity index (χ0n) is 25.8. The first-order chi connectivity index (χ1) is 21.3. The van der Waals surface area contributed by atoms with Crippen LogP contribution in [0.4, 0.5) is 22.4 Å². The summed E-state index contributed by atoms with van der Waals surface area (Å²) in [6.45, 7) is 9.46. The topological polar surface area (TPSA) is 121 Å². The number of carbonyl (C=O) groups excluding carboxylic acids is 2. The van der Waals surface area contributed by atoms with E-state index in [1.807, 2.05) is 0 Å². The van der Waals surface area contributed by atoms with E-state index in [0.717, 1.165) is 38.4 Å². The fourth-order valence-electron chi connectivity index (χ4n) is 5.37. The molecule has 14 heteroatoms. The van der Waals surface area contributed by atoms with Gasteiger partial charge in [-0.05, 0) is 63.0 Å². The molecule has 1 atom stereocenters. The zero-order valence-corrected chi connectivity index (χ0v) is 25.8. The Morgan fingerprint density at radius 1 is 1.09 bits per heavy atom. The highest BCUT2D eigenvalue weighted by molar-refractivity contribution is 5.80. The number of hydrogen-bond donors (Lipinski definition) is 3. The van der Waals surface area contributed by atoms with E-state index in [-0.39, 0.29) is 42.8 Å². The van der Waals surface area contributed by atoms with Crippen molar-refractivity contribution in [1.29, 1.82) is 0 Å². The molecule has 256 valence electrons. The molecule has 0 aromatic heterocycles. The first-order valence-corrected chi connectivity index (χ1v) is 15.6. The minimum Gasteiger partial charge on any atom is -0.494 e. The standard InChI is InChI=1S/C31H47F4N3O7/c1-22(14-28(41)38-17-25(18-38)16-36-10-4-3-7-26(40)19-39)27(32)15-23(2)44-13-5-6-24-8-11-37(12-9-24)29(42)45-30(20-43-21-30)31(33,34)35/h15,24-26,36,39-40H,1-14,16-21H2/b27-15+/t26-/m0/s1. The van der Waals surface area contributed by atoms with Gasteiger partial charge in [0.05, 0.1) is 39.0 Å². The van der Waals surface area contributed by atoms with Crippen molar-refractivity contribution >= 4 is 12.0 Å². The maximum Gasteiger partial charge on any atom is 0.433 e. The quantitative estimate of drug-likeness (QED) is 0.0887. The van der Waals surface area contributed by atoms with E-state index in [1.54, 1.807) is 4.90 Å². The summed E-state index contributed by atoms with van der Waals surface area (Å²) >= 11 is 0. The van der Waals surface area contributed by atoms with Gasteiger partial charge in [0.1, 0.15) is 11.6 Å². The van der Waals surface area contributed by atoms with Gasteiger partial charge in [0.2, 0.25) is 5.91 Å². The van der Waals surface area contributed by atoms with Crippen LogP contribution in [-0.4, -0.2) is 116 Å². The van der Waals surface area contributed by atoms with Gasteiger partial charge in [-0.1, -0.05) is 13.2 Å². The van der Waals surface area contributed by atoms with Gasteiger partial charge in [0, 0.05) is 44.7 Å². The van der Waals surface area contributed by atoms with Crippen molar-refractivity contribution in [2.75, 3.05) is 65.7 Å². The summed E-state index contributed by atoms with van der Waals surface area (Å²) < 4.78 is 69.2. The highest BCUT2D eigenvalue weighted by Gasteiger charge is 2.64. The summed E-state index contributed by atoms with van der Waals surface area (Å²) in [5.41, 5.74) is -2.50. The van der Waals surface area contributed by atoms with Crippen LogP contribution < -0.4 is 5.32 Å². The van der Waals surface area contributed by atoms with Crippen LogP contribution in [0.1, 0.15) is 51.4 Å². The van der Waals surface area contributed by atoms with Crippen molar-refractivity contribution < 1.29 is 51.6 Å². The summed E-state index contributed by atoms with van der Waals surface area (Å²) in [4.78, 5) is 27.7. The van der Waals surface area contributed by atoms with Gasteiger partial charge in [-0.15, -0.1) is 0 Å². The van der Waals surface area contributed by atoms with Crippen LogP contribution in [0.5, 0.6) is 0 Å². The number of allylic oxidation sites excluding steroid dienone is 2. The number of nitrogens with zero attached hydrogens (tertiary/aromatic N) is 2. The number of rotatable bonds is 18. The second-order valence-electron chi connectivity index (χ2n) is 12.2. The molecule has 3 rings (SSSR count). The molecule has 3 heterocycles. The average Bonchev–Trinajstić information content (AvgIpc) is 2.94. The molecule has 3 N–H and O–H groups in total. The van der Waals surface area contributed by atoms with Gasteiger partial charge in [0.25, 0.3) is 5.60 Å². The molecular formula is C31H47F4N3O7. The predicted molar refractivity (Wildman–Crippen MR) is 158 cm³/mol. The maximum absolute atomic E-state index is 14.6. The van der Waals surface area contributed by atoms with Crippen LogP contribution in [0, 0.1) is 11.8 Å². The van der Waals surface area contributed by atoms with E-state index >= 15 is 0 Å². The third-order valence-electron chi connectivity index (χ3n) is 8.47. The number of piperidine rings is 1. The van der Waals surface area contributed by atoms with Crippen molar-refractivity contribution in [3.63, 3.8) is 0 Å². The maximum atomic E-state index is 14.6. The van der Waals surface area contributed by atoms with E-state index in [1.165, 1.54) is 4.90 Å². The molecule has 3 aliphatic heterocycles. The highest BCUT2D eigenvalue weighted by Crippen LogP contribution is 2.40. The summed E-state index contributed by atoms with van der Waals surface area (Å²) in [5, 5.41) is 21.5. The molecule has 3 saturated heterocycles. The van der Waals surface area contributed by atoms with E-state index in [9.17, 15) is 32.3 Å². The molecule has 0 saturated carbocycles. The molecule has 0 aromatic rings. The minimum absolute atomic E-state index is 0.0488. The van der Waals surface area contributed by atoms with Gasteiger partial charge < -0.3 is 39.5 Å². The average molecular weight is 650 g/mol. The molecule has 0 aliphatic carbocycles. The first kappa shape index (κ1) is 36.8. The van der Waals surface area contributed by atoms with Crippen molar-refractivity contribution in [2.45, 2.75) is 69.2 Å². The SMILES string of the molecule is C=C(/C=C(/F)C(=C)CC(=O)N1CC(CNCCCC[C@H](O)CO)C1)OCCCC1CCN(C(=O)OC2(C(F)(F)F)COC2)CC1. The molecule has 0 radical (unpaired) electrons. The Morgan fingerprint density at radius 3 is 2.38 bits per heavy atom. The van der Waals surface area contributed by atoms with Crippen LogP contribution >= 0.6 is 0 Å². The Hall–Kier alpha value is -2.68. The molecule has 45 heavy (non-hydrogen) atoms. The van der Waals surface area contributed by atoms with Crippen molar-refractivity contribution in [2.24, 2.45) is 11.8 Å². The number of carbonyl (C=O) groups is 2. The lowest BCUT2D eigenvalue weighted by Gasteiger charge is -2.43. The summed E-state index contributed by atoms with van der Waals surface area (Å²) in [7, 11) is 0. The van der Waals surface area contributed by atoms with Crippen LogP contribution in [-0.2, 0) is 19.0 Å². The van der Waals surface area contributed by atoms with Crippen molar-refractivity contribution in [1.82, 2.24) is 15.1 Å². The second-order valence-corrected chi connectivity index (χ2v) is 12.2. The summed E-state index contributed by atoms with van der Waals surface area (Å²) in [6, 6.07) is 0. The third kappa shape index (κ3) is 11.3. The number of nitrogens with one attached hydrogen (secondary N) is 1. The molecular weight excluding hydrogens is 602 g/mol. The molecule has 3 fully saturated rings. The number of likely N-dealkylation sites (tertiary alicyclic amines) is 2. The number of ether oxygens (including phenoxy) is 3. The van der Waals surface area contributed by atoms with Gasteiger partial charge in [-0.25, -0.2) is 9.18 Å². The molecule has 3 aliphatic rings. The van der Waals surface area contributed by atoms with Gasteiger partial charge in [0.15, 0.2) is 0 Å². The van der Waals surface area contributed by atoms with Crippen LogP contribution in [0.15, 0.2) is 36.4 Å². The minimum atomic E-state index is -4.68. The number of aliphatic hydroxyl groups is 2. The normalized spacial score (nSPS) is 19.8. The molecule has 0 spiro atoms. The molecule has 0 aromatic carbocycles. The summed E-state index contributed by atoms with van der Waals surface area (Å²) in [5.74, 6) is -0.153. The number of halogens is 4. The fraction of sp³-hybridized carbons (Fsp3) is 0.742. The monoisotopic (exact) mass is 649 g/mol. The van der Waals surface area contributed by atoms with Crippen LogP contribution in [0.2, 0.25) is 0 Å². The van der Waals surface area contributed by atoms with Crippen molar-refractivity contribution in [3.8, 4) is 0 Å². The number of unbranched alkanes of at least 4 members (excludes halogenated alkanes) is 1. The number of hydrogen-bond acceptors (Lipinski definition) is 8. The fourth-order valence-corrected chi connectivity index (χ4v) is 5.37. The van der Waals surface area contributed by atoms with E-state index in [4.69, 9.17) is 14.6 Å². The Balaban J connectivity index is 1.22. The van der Waals surface area contributed by atoms with E-state index in [0.29, 0.717) is 57.8 Å². The third-order valence-corrected chi connectivity index (χ3v) is 8.47. The second kappa shape index (κ2) is 17.3. The lowest BCUT2D eigenvalue weighted by molar-refractivity contribution is -0.333. The Kier molecular flexibility index (Phi) is 14.1. The van der Waals surface area contributed by atoms with E-state index in [2.05, 4.69) is 23.2 Å². The molecule has 2 amide bonds. The Bertz CT molecular complexity index is 1040. The predicted octanol–water partition coefficient (Wildman–Crippen LogP) is 3.85.